The number of thiophene rings is 1. The van der Waals surface area contributed by atoms with Gasteiger partial charge in [-0.1, -0.05) is 6.07 Å². The maximum absolute atomic E-state index is 5.21. The molecule has 2 aromatic heterocycles. The van der Waals surface area contributed by atoms with E-state index in [0.29, 0.717) is 6.54 Å². The van der Waals surface area contributed by atoms with E-state index < -0.39 is 0 Å². The third kappa shape index (κ3) is 4.83. The Bertz CT molecular complexity index is 844. The van der Waals surface area contributed by atoms with Crippen LogP contribution in [-0.2, 0) is 13.1 Å². The van der Waals surface area contributed by atoms with Crippen LogP contribution in [0.3, 0.4) is 0 Å². The number of nitrogens with one attached hydrogen (secondary N) is 2. The maximum Gasteiger partial charge on any atom is 0.191 e. The number of hydrogen-bond donors (Lipinski definition) is 2. The fourth-order valence-electron chi connectivity index (χ4n) is 2.45. The molecule has 0 saturated carbocycles. The van der Waals surface area contributed by atoms with Gasteiger partial charge in [-0.2, -0.15) is 0 Å². The van der Waals surface area contributed by atoms with Crippen LogP contribution in [0.5, 0.6) is 5.75 Å². The second kappa shape index (κ2) is 9.01. The first-order valence-corrected chi connectivity index (χ1v) is 9.17. The summed E-state index contributed by atoms with van der Waals surface area (Å²) >= 11 is 1.77. The Kier molecular flexibility index (Phi) is 6.22. The van der Waals surface area contributed by atoms with Crippen LogP contribution in [0.15, 0.2) is 65.8 Å². The number of hydrogen-bond acceptors (Lipinski definition) is 4. The molecule has 0 spiro atoms. The molecule has 0 unspecified atom stereocenters. The molecule has 0 atom stereocenters. The maximum atomic E-state index is 5.21. The van der Waals surface area contributed by atoms with Gasteiger partial charge in [-0.05, 0) is 54.1 Å². The number of nitrogens with zero attached hydrogens (tertiary/aromatic N) is 2. The molecule has 0 saturated heterocycles. The van der Waals surface area contributed by atoms with E-state index in [0.717, 1.165) is 23.9 Å². The number of aliphatic imine (C=N–C) groups is 1. The summed E-state index contributed by atoms with van der Waals surface area (Å²) in [7, 11) is 3.45. The molecular formula is C20H22N4OS. The van der Waals surface area contributed by atoms with Gasteiger partial charge < -0.3 is 15.4 Å². The van der Waals surface area contributed by atoms with Crippen molar-refractivity contribution in [3.63, 3.8) is 0 Å². The Morgan fingerprint density at radius 1 is 1.04 bits per heavy atom. The number of guanidine groups is 1. The van der Waals surface area contributed by atoms with Gasteiger partial charge in [0.25, 0.3) is 0 Å². The first kappa shape index (κ1) is 17.9. The Labute approximate surface area is 157 Å². The van der Waals surface area contributed by atoms with Gasteiger partial charge in [-0.3, -0.25) is 9.98 Å². The van der Waals surface area contributed by atoms with Crippen molar-refractivity contribution in [2.24, 2.45) is 4.99 Å². The fourth-order valence-corrected chi connectivity index (χ4v) is 3.40. The Morgan fingerprint density at radius 2 is 1.85 bits per heavy atom. The number of benzene rings is 1. The van der Waals surface area contributed by atoms with Crippen molar-refractivity contribution in [3.05, 3.63) is 71.4 Å². The topological polar surface area (TPSA) is 58.5 Å². The van der Waals surface area contributed by atoms with E-state index in [9.17, 15) is 0 Å². The van der Waals surface area contributed by atoms with Gasteiger partial charge in [-0.15, -0.1) is 11.3 Å². The minimum Gasteiger partial charge on any atom is -0.497 e. The SMILES string of the molecule is CN=C(NCc1ccccn1)NCc1ccc(-c2ccc(OC)cc2)s1. The van der Waals surface area contributed by atoms with Crippen molar-refractivity contribution in [2.75, 3.05) is 14.2 Å². The molecule has 6 heteroatoms. The van der Waals surface area contributed by atoms with Crippen LogP contribution in [-0.4, -0.2) is 25.1 Å². The molecule has 0 aliphatic rings. The van der Waals surface area contributed by atoms with E-state index in [1.54, 1.807) is 31.7 Å². The largest absolute Gasteiger partial charge is 0.497 e. The predicted molar refractivity (Wildman–Crippen MR) is 108 cm³/mol. The summed E-state index contributed by atoms with van der Waals surface area (Å²) in [6.45, 7) is 1.37. The van der Waals surface area contributed by atoms with Crippen molar-refractivity contribution in [3.8, 4) is 16.2 Å². The van der Waals surface area contributed by atoms with E-state index in [1.807, 2.05) is 30.3 Å². The normalized spacial score (nSPS) is 11.2. The first-order valence-electron chi connectivity index (χ1n) is 8.36. The van der Waals surface area contributed by atoms with Crippen molar-refractivity contribution in [2.45, 2.75) is 13.1 Å². The minimum atomic E-state index is 0.641. The van der Waals surface area contributed by atoms with Crippen LogP contribution in [0.1, 0.15) is 10.6 Å². The van der Waals surface area contributed by atoms with E-state index in [2.05, 4.69) is 44.9 Å². The predicted octanol–water partition coefficient (Wildman–Crippen LogP) is 3.68. The number of ether oxygens (including phenoxy) is 1. The lowest BCUT2D eigenvalue weighted by molar-refractivity contribution is 0.415. The molecule has 0 radical (unpaired) electrons. The zero-order valence-corrected chi connectivity index (χ0v) is 15.7. The molecule has 5 nitrogen and oxygen atoms in total. The fraction of sp³-hybridized carbons (Fsp3) is 0.200. The number of aromatic nitrogens is 1. The van der Waals surface area contributed by atoms with Crippen molar-refractivity contribution in [1.29, 1.82) is 0 Å². The molecule has 3 rings (SSSR count). The van der Waals surface area contributed by atoms with Crippen LogP contribution in [0.2, 0.25) is 0 Å². The standard InChI is InChI=1S/C20H22N4OS/c1-21-20(23-13-16-5-3-4-12-22-16)24-14-18-10-11-19(26-18)15-6-8-17(25-2)9-7-15/h3-12H,13-14H2,1-2H3,(H2,21,23,24). The molecule has 1 aromatic carbocycles. The zero-order chi connectivity index (χ0) is 18.2. The minimum absolute atomic E-state index is 0.641. The lowest BCUT2D eigenvalue weighted by Crippen LogP contribution is -2.36. The summed E-state index contributed by atoms with van der Waals surface area (Å²) in [5.41, 5.74) is 2.17. The van der Waals surface area contributed by atoms with Crippen LogP contribution in [0.25, 0.3) is 10.4 Å². The molecule has 0 fully saturated rings. The van der Waals surface area contributed by atoms with E-state index >= 15 is 0 Å². The molecule has 3 aromatic rings. The molecule has 2 N–H and O–H groups in total. The highest BCUT2D eigenvalue weighted by atomic mass is 32.1. The van der Waals surface area contributed by atoms with Crippen LogP contribution < -0.4 is 15.4 Å². The Morgan fingerprint density at radius 3 is 2.54 bits per heavy atom. The van der Waals surface area contributed by atoms with Crippen LogP contribution in [0.4, 0.5) is 0 Å². The summed E-state index contributed by atoms with van der Waals surface area (Å²) in [5, 5.41) is 6.61. The molecule has 134 valence electrons. The quantitative estimate of drug-likeness (QED) is 0.516. The Hall–Kier alpha value is -2.86. The second-order valence-corrected chi connectivity index (χ2v) is 6.76. The Balaban J connectivity index is 1.54. The third-order valence-corrected chi connectivity index (χ3v) is 4.99. The van der Waals surface area contributed by atoms with E-state index in [4.69, 9.17) is 4.74 Å². The highest BCUT2D eigenvalue weighted by molar-refractivity contribution is 7.15. The average molecular weight is 366 g/mol. The van der Waals surface area contributed by atoms with Gasteiger partial charge in [0.05, 0.1) is 25.9 Å². The smallest absolute Gasteiger partial charge is 0.191 e. The molecule has 26 heavy (non-hydrogen) atoms. The van der Waals surface area contributed by atoms with Crippen LogP contribution >= 0.6 is 11.3 Å². The first-order chi connectivity index (χ1) is 12.8. The van der Waals surface area contributed by atoms with Crippen molar-refractivity contribution >= 4 is 17.3 Å². The molecule has 0 bridgehead atoms. The van der Waals surface area contributed by atoms with Gasteiger partial charge >= 0.3 is 0 Å². The lowest BCUT2D eigenvalue weighted by atomic mass is 10.2. The molecule has 2 heterocycles. The van der Waals surface area contributed by atoms with Gasteiger partial charge in [0.15, 0.2) is 5.96 Å². The summed E-state index contributed by atoms with van der Waals surface area (Å²) in [6.07, 6.45) is 1.79. The van der Waals surface area contributed by atoms with Crippen molar-refractivity contribution in [1.82, 2.24) is 15.6 Å². The second-order valence-electron chi connectivity index (χ2n) is 5.59. The highest BCUT2D eigenvalue weighted by Gasteiger charge is 2.05. The summed E-state index contributed by atoms with van der Waals surface area (Å²) in [4.78, 5) is 11.0. The van der Waals surface area contributed by atoms with E-state index in [1.165, 1.54) is 15.3 Å². The third-order valence-electron chi connectivity index (χ3n) is 3.85. The number of rotatable bonds is 6. The molecule has 0 aliphatic carbocycles. The van der Waals surface area contributed by atoms with Gasteiger partial charge in [0.1, 0.15) is 5.75 Å². The zero-order valence-electron chi connectivity index (χ0n) is 14.9. The van der Waals surface area contributed by atoms with Crippen molar-refractivity contribution < 1.29 is 4.74 Å². The summed E-state index contributed by atoms with van der Waals surface area (Å²) in [5.74, 6) is 1.63. The number of methoxy groups -OCH3 is 1. The summed E-state index contributed by atoms with van der Waals surface area (Å²) in [6, 6.07) is 18.3. The highest BCUT2D eigenvalue weighted by Crippen LogP contribution is 2.29. The van der Waals surface area contributed by atoms with Gasteiger partial charge in [0, 0.05) is 23.0 Å². The number of pyridine rings is 1. The molecular weight excluding hydrogens is 344 g/mol. The van der Waals surface area contributed by atoms with Gasteiger partial charge in [-0.25, -0.2) is 0 Å². The monoisotopic (exact) mass is 366 g/mol. The summed E-state index contributed by atoms with van der Waals surface area (Å²) < 4.78 is 5.21. The molecule has 0 amide bonds. The average Bonchev–Trinajstić information content (AvgIpc) is 3.18. The van der Waals surface area contributed by atoms with Gasteiger partial charge in [0.2, 0.25) is 0 Å². The lowest BCUT2D eigenvalue weighted by Gasteiger charge is -2.10. The van der Waals surface area contributed by atoms with Crippen LogP contribution in [0, 0.1) is 0 Å². The van der Waals surface area contributed by atoms with E-state index in [-0.39, 0.29) is 0 Å². The molecule has 0 aliphatic heterocycles.